The fourth-order valence-electron chi connectivity index (χ4n) is 2.16. The van der Waals surface area contributed by atoms with Gasteiger partial charge < -0.3 is 10.3 Å². The lowest BCUT2D eigenvalue weighted by Crippen LogP contribution is -2.46. The normalized spacial score (nSPS) is 18.5. The molecule has 0 bridgehead atoms. The monoisotopic (exact) mass is 265 g/mol. The van der Waals surface area contributed by atoms with Gasteiger partial charge in [-0.1, -0.05) is 12.1 Å². The van der Waals surface area contributed by atoms with E-state index in [1.54, 1.807) is 0 Å². The molecule has 98 valence electrons. The summed E-state index contributed by atoms with van der Waals surface area (Å²) >= 11 is 1.91. The highest BCUT2D eigenvalue weighted by molar-refractivity contribution is 8.00. The fraction of sp³-hybridized carbons (Fsp3) is 0.462. The van der Waals surface area contributed by atoms with Crippen LogP contribution in [0.5, 0.6) is 0 Å². The first kappa shape index (κ1) is 13.2. The summed E-state index contributed by atoms with van der Waals surface area (Å²) < 4.78 is 0.124. The van der Waals surface area contributed by atoms with E-state index >= 15 is 0 Å². The molecule has 3 N–H and O–H groups in total. The average Bonchev–Trinajstić information content (AvgIpc) is 2.36. The van der Waals surface area contributed by atoms with Crippen LogP contribution in [0.4, 0.5) is 5.69 Å². The molecule has 1 saturated heterocycles. The second-order valence-electron chi connectivity index (χ2n) is 5.02. The van der Waals surface area contributed by atoms with Crippen molar-refractivity contribution in [3.8, 4) is 0 Å². The van der Waals surface area contributed by atoms with E-state index in [1.165, 1.54) is 0 Å². The molecule has 1 aromatic rings. The number of benzene rings is 1. The lowest BCUT2D eigenvalue weighted by atomic mass is 10.1. The van der Waals surface area contributed by atoms with Gasteiger partial charge in [0.25, 0.3) is 5.91 Å². The number of anilines is 1. The van der Waals surface area contributed by atoms with Crippen molar-refractivity contribution in [1.82, 2.24) is 4.90 Å². The molecule has 0 aliphatic carbocycles. The Morgan fingerprint density at radius 3 is 2.83 bits per heavy atom. The molecular formula is C13H19N3OS. The van der Waals surface area contributed by atoms with Crippen LogP contribution >= 0.6 is 11.8 Å². The van der Waals surface area contributed by atoms with Crippen molar-refractivity contribution < 1.29 is 4.79 Å². The van der Waals surface area contributed by atoms with E-state index in [-0.39, 0.29) is 10.7 Å². The summed E-state index contributed by atoms with van der Waals surface area (Å²) in [6.45, 7) is 5.91. The minimum absolute atomic E-state index is 0.0527. The highest BCUT2D eigenvalue weighted by atomic mass is 32.2. The van der Waals surface area contributed by atoms with Crippen molar-refractivity contribution in [3.05, 3.63) is 29.8 Å². The highest BCUT2D eigenvalue weighted by Crippen LogP contribution is 2.30. The van der Waals surface area contributed by atoms with Gasteiger partial charge in [0.2, 0.25) is 0 Å². The number of rotatable bonds is 2. The van der Waals surface area contributed by atoms with Gasteiger partial charge in [0, 0.05) is 23.6 Å². The van der Waals surface area contributed by atoms with Gasteiger partial charge >= 0.3 is 0 Å². The van der Waals surface area contributed by atoms with Gasteiger partial charge in [0.15, 0.2) is 0 Å². The zero-order valence-corrected chi connectivity index (χ0v) is 11.6. The molecule has 1 amide bonds. The van der Waals surface area contributed by atoms with Gasteiger partial charge in [-0.15, -0.1) is 0 Å². The molecule has 0 atom stereocenters. The molecule has 4 nitrogen and oxygen atoms in total. The van der Waals surface area contributed by atoms with E-state index in [9.17, 15) is 4.79 Å². The number of nitrogens with zero attached hydrogens (tertiary/aromatic N) is 1. The first-order chi connectivity index (χ1) is 8.53. The number of hydrogen-bond donors (Lipinski definition) is 2. The number of thioether (sulfide) groups is 1. The van der Waals surface area contributed by atoms with Gasteiger partial charge in [-0.2, -0.15) is 11.8 Å². The number of carbonyl (C=O) groups excluding carboxylic acids is 1. The van der Waals surface area contributed by atoms with Crippen molar-refractivity contribution in [2.45, 2.75) is 18.6 Å². The number of nitrogens with two attached hydrogens (primary N) is 1. The Morgan fingerprint density at radius 1 is 1.44 bits per heavy atom. The third-order valence-corrected chi connectivity index (χ3v) is 4.32. The van der Waals surface area contributed by atoms with Gasteiger partial charge in [0.1, 0.15) is 0 Å². The van der Waals surface area contributed by atoms with Crippen LogP contribution in [0.3, 0.4) is 0 Å². The van der Waals surface area contributed by atoms with E-state index in [0.717, 1.165) is 18.8 Å². The van der Waals surface area contributed by atoms with Crippen LogP contribution in [0.25, 0.3) is 0 Å². The Morgan fingerprint density at radius 2 is 2.17 bits per heavy atom. The van der Waals surface area contributed by atoms with E-state index in [2.05, 4.69) is 19.3 Å². The van der Waals surface area contributed by atoms with Gasteiger partial charge in [0.05, 0.1) is 11.3 Å². The minimum atomic E-state index is 0.0527. The van der Waals surface area contributed by atoms with Crippen molar-refractivity contribution in [1.29, 1.82) is 0 Å². The largest absolute Gasteiger partial charge is 0.336 e. The predicted octanol–water partition coefficient (Wildman–Crippen LogP) is 1.94. The lowest BCUT2D eigenvalue weighted by Gasteiger charge is -2.37. The molecule has 0 spiro atoms. The fourth-order valence-corrected chi connectivity index (χ4v) is 3.27. The molecular weight excluding hydrogens is 246 g/mol. The second-order valence-corrected chi connectivity index (χ2v) is 6.83. The number of carbonyl (C=O) groups is 1. The van der Waals surface area contributed by atoms with Crippen LogP contribution in [0, 0.1) is 0 Å². The molecule has 1 aliphatic rings. The summed E-state index contributed by atoms with van der Waals surface area (Å²) in [5.74, 6) is 6.48. The van der Waals surface area contributed by atoms with Crippen LogP contribution in [0.15, 0.2) is 24.3 Å². The summed E-state index contributed by atoms with van der Waals surface area (Å²) in [5, 5.41) is 0. The topological polar surface area (TPSA) is 58.4 Å². The molecule has 0 radical (unpaired) electrons. The van der Waals surface area contributed by atoms with Gasteiger partial charge in [-0.3, -0.25) is 10.6 Å². The summed E-state index contributed by atoms with van der Waals surface area (Å²) in [5.41, 5.74) is 3.90. The van der Waals surface area contributed by atoms with E-state index < -0.39 is 0 Å². The molecule has 1 aromatic carbocycles. The van der Waals surface area contributed by atoms with E-state index in [0.29, 0.717) is 11.3 Å². The Kier molecular flexibility index (Phi) is 3.82. The molecule has 18 heavy (non-hydrogen) atoms. The van der Waals surface area contributed by atoms with Crippen LogP contribution < -0.4 is 11.3 Å². The van der Waals surface area contributed by atoms with Crippen LogP contribution in [0.2, 0.25) is 0 Å². The summed E-state index contributed by atoms with van der Waals surface area (Å²) in [7, 11) is 0. The van der Waals surface area contributed by atoms with Crippen LogP contribution in [0.1, 0.15) is 24.2 Å². The predicted molar refractivity (Wildman–Crippen MR) is 76.7 cm³/mol. The average molecular weight is 265 g/mol. The summed E-state index contributed by atoms with van der Waals surface area (Å²) in [6, 6.07) is 7.35. The third kappa shape index (κ3) is 2.79. The second kappa shape index (κ2) is 5.20. The van der Waals surface area contributed by atoms with Crippen LogP contribution in [-0.4, -0.2) is 34.4 Å². The highest BCUT2D eigenvalue weighted by Gasteiger charge is 2.30. The first-order valence-electron chi connectivity index (χ1n) is 6.02. The standard InChI is InChI=1S/C13H19N3OS/c1-13(2)9-16(7-8-18-13)12(17)10-5-3-4-6-11(10)15-14/h3-6,15H,7-9,14H2,1-2H3. The first-order valence-corrected chi connectivity index (χ1v) is 7.01. The molecule has 1 heterocycles. The lowest BCUT2D eigenvalue weighted by molar-refractivity contribution is 0.0749. The van der Waals surface area contributed by atoms with Crippen molar-refractivity contribution in [3.63, 3.8) is 0 Å². The third-order valence-electron chi connectivity index (χ3n) is 3.03. The van der Waals surface area contributed by atoms with E-state index in [4.69, 9.17) is 5.84 Å². The molecule has 0 saturated carbocycles. The molecule has 1 aliphatic heterocycles. The maximum atomic E-state index is 12.5. The van der Waals surface area contributed by atoms with Crippen molar-refractivity contribution in [2.75, 3.05) is 24.3 Å². The molecule has 0 aromatic heterocycles. The molecule has 2 rings (SSSR count). The molecule has 0 unspecified atom stereocenters. The Bertz CT molecular complexity index is 448. The number of para-hydroxylation sites is 1. The smallest absolute Gasteiger partial charge is 0.256 e. The Labute approximate surface area is 112 Å². The maximum absolute atomic E-state index is 12.5. The van der Waals surface area contributed by atoms with Crippen molar-refractivity contribution in [2.24, 2.45) is 5.84 Å². The Balaban J connectivity index is 2.20. The number of hydrazine groups is 1. The zero-order valence-electron chi connectivity index (χ0n) is 10.8. The molecule has 5 heteroatoms. The SMILES string of the molecule is CC1(C)CN(C(=O)c2ccccc2NN)CCS1. The maximum Gasteiger partial charge on any atom is 0.256 e. The van der Waals surface area contributed by atoms with Crippen molar-refractivity contribution >= 4 is 23.4 Å². The number of nitrogen functional groups attached to an aromatic ring is 1. The Hall–Kier alpha value is -1.20. The number of nitrogens with one attached hydrogen (secondary N) is 1. The summed E-state index contributed by atoms with van der Waals surface area (Å²) in [6.07, 6.45) is 0. The van der Waals surface area contributed by atoms with E-state index in [1.807, 2.05) is 40.9 Å². The quantitative estimate of drug-likeness (QED) is 0.634. The van der Waals surface area contributed by atoms with Gasteiger partial charge in [-0.05, 0) is 26.0 Å². The number of amides is 1. The minimum Gasteiger partial charge on any atom is -0.336 e. The molecule has 1 fully saturated rings. The van der Waals surface area contributed by atoms with Gasteiger partial charge in [-0.25, -0.2) is 0 Å². The summed E-state index contributed by atoms with van der Waals surface area (Å²) in [4.78, 5) is 14.4. The zero-order chi connectivity index (χ0) is 13.2. The number of hydrogen-bond acceptors (Lipinski definition) is 4. The van der Waals surface area contributed by atoms with Crippen LogP contribution in [-0.2, 0) is 0 Å².